The maximum absolute atomic E-state index is 12.3. The predicted molar refractivity (Wildman–Crippen MR) is 72.9 cm³/mol. The molecule has 0 saturated carbocycles. The van der Waals surface area contributed by atoms with E-state index in [1.54, 1.807) is 13.1 Å². The number of halogens is 2. The number of rotatable bonds is 6. The van der Waals surface area contributed by atoms with Crippen molar-refractivity contribution in [3.05, 3.63) is 29.8 Å². The number of nitrogens with zero attached hydrogens (tertiary/aromatic N) is 1. The first-order valence-electron chi connectivity index (χ1n) is 6.26. The number of benzene rings is 1. The van der Waals surface area contributed by atoms with E-state index in [1.165, 1.54) is 23.1 Å². The molecule has 0 spiro atoms. The monoisotopic (exact) mass is 286 g/mol. The minimum Gasteiger partial charge on any atom is -0.434 e. The van der Waals surface area contributed by atoms with Gasteiger partial charge >= 0.3 is 6.61 Å². The molecule has 1 aromatic carbocycles. The number of carbonyl (C=O) groups is 1. The molecule has 0 heterocycles. The van der Waals surface area contributed by atoms with Crippen LogP contribution in [0, 0.1) is 5.41 Å². The highest BCUT2D eigenvalue weighted by Crippen LogP contribution is 2.23. The highest BCUT2D eigenvalue weighted by Gasteiger charge is 2.24. The van der Waals surface area contributed by atoms with E-state index >= 15 is 0 Å². The Morgan fingerprint density at radius 1 is 1.40 bits per heavy atom. The van der Waals surface area contributed by atoms with Gasteiger partial charge in [-0.1, -0.05) is 26.0 Å². The molecule has 0 atom stereocenters. The first-order chi connectivity index (χ1) is 9.26. The van der Waals surface area contributed by atoms with Crippen LogP contribution in [0.2, 0.25) is 0 Å². The SMILES string of the molecule is CN(CC(C)(C)CN)C(=O)c1ccccc1OC(F)F. The van der Waals surface area contributed by atoms with Gasteiger partial charge in [-0.3, -0.25) is 4.79 Å². The maximum atomic E-state index is 12.3. The number of para-hydroxylation sites is 1. The van der Waals surface area contributed by atoms with E-state index in [-0.39, 0.29) is 22.6 Å². The van der Waals surface area contributed by atoms with E-state index < -0.39 is 6.61 Å². The molecule has 6 heteroatoms. The summed E-state index contributed by atoms with van der Waals surface area (Å²) >= 11 is 0. The zero-order valence-corrected chi connectivity index (χ0v) is 11.9. The Bertz CT molecular complexity index is 464. The fraction of sp³-hybridized carbons (Fsp3) is 0.500. The average Bonchev–Trinajstić information content (AvgIpc) is 2.37. The van der Waals surface area contributed by atoms with Gasteiger partial charge in [0.2, 0.25) is 0 Å². The lowest BCUT2D eigenvalue weighted by atomic mass is 9.93. The Morgan fingerprint density at radius 3 is 2.55 bits per heavy atom. The molecular formula is C14H20F2N2O2. The van der Waals surface area contributed by atoms with Gasteiger partial charge in [-0.25, -0.2) is 0 Å². The van der Waals surface area contributed by atoms with Gasteiger partial charge in [-0.05, 0) is 24.1 Å². The number of nitrogens with two attached hydrogens (primary N) is 1. The molecule has 2 N–H and O–H groups in total. The van der Waals surface area contributed by atoms with Crippen LogP contribution in [0.3, 0.4) is 0 Å². The topological polar surface area (TPSA) is 55.6 Å². The van der Waals surface area contributed by atoms with E-state index in [0.29, 0.717) is 13.1 Å². The van der Waals surface area contributed by atoms with Crippen molar-refractivity contribution in [1.29, 1.82) is 0 Å². The van der Waals surface area contributed by atoms with Gasteiger partial charge in [0, 0.05) is 13.6 Å². The van der Waals surface area contributed by atoms with Crippen molar-refractivity contribution >= 4 is 5.91 Å². The van der Waals surface area contributed by atoms with E-state index in [0.717, 1.165) is 0 Å². The summed E-state index contributed by atoms with van der Waals surface area (Å²) in [7, 11) is 1.61. The van der Waals surface area contributed by atoms with Crippen molar-refractivity contribution < 1.29 is 18.3 Å². The molecule has 4 nitrogen and oxygen atoms in total. The summed E-state index contributed by atoms with van der Waals surface area (Å²) in [5.74, 6) is -0.493. The summed E-state index contributed by atoms with van der Waals surface area (Å²) < 4.78 is 29.0. The molecule has 0 radical (unpaired) electrons. The molecule has 1 amide bonds. The summed E-state index contributed by atoms with van der Waals surface area (Å²) in [5.41, 5.74) is 5.49. The van der Waals surface area contributed by atoms with Crippen LogP contribution in [-0.2, 0) is 0 Å². The van der Waals surface area contributed by atoms with Gasteiger partial charge in [0.1, 0.15) is 5.75 Å². The molecule has 0 aliphatic carbocycles. The second kappa shape index (κ2) is 6.65. The average molecular weight is 286 g/mol. The minimum atomic E-state index is -2.96. The van der Waals surface area contributed by atoms with E-state index in [2.05, 4.69) is 4.74 Å². The van der Waals surface area contributed by atoms with Crippen molar-refractivity contribution in [1.82, 2.24) is 4.90 Å². The largest absolute Gasteiger partial charge is 0.434 e. The van der Waals surface area contributed by atoms with Gasteiger partial charge in [-0.15, -0.1) is 0 Å². The second-order valence-corrected chi connectivity index (χ2v) is 5.40. The lowest BCUT2D eigenvalue weighted by molar-refractivity contribution is -0.0502. The summed E-state index contributed by atoms with van der Waals surface area (Å²) in [5, 5.41) is 0. The van der Waals surface area contributed by atoms with Crippen molar-refractivity contribution in [2.75, 3.05) is 20.1 Å². The zero-order valence-electron chi connectivity index (χ0n) is 11.9. The number of hydrogen-bond donors (Lipinski definition) is 1. The normalized spacial score (nSPS) is 11.6. The summed E-state index contributed by atoms with van der Waals surface area (Å²) in [6, 6.07) is 5.96. The van der Waals surface area contributed by atoms with Crippen molar-refractivity contribution in [2.45, 2.75) is 20.5 Å². The zero-order chi connectivity index (χ0) is 15.3. The Hall–Kier alpha value is -1.69. The van der Waals surface area contributed by atoms with Gasteiger partial charge in [-0.2, -0.15) is 8.78 Å². The highest BCUT2D eigenvalue weighted by atomic mass is 19.3. The first-order valence-corrected chi connectivity index (χ1v) is 6.26. The van der Waals surface area contributed by atoms with Crippen LogP contribution >= 0.6 is 0 Å². The lowest BCUT2D eigenvalue weighted by Crippen LogP contribution is -2.39. The van der Waals surface area contributed by atoms with Crippen LogP contribution in [-0.4, -0.2) is 37.6 Å². The standard InChI is InChI=1S/C14H20F2N2O2/c1-14(2,8-17)9-18(3)12(19)10-6-4-5-7-11(10)20-13(15)16/h4-7,13H,8-9,17H2,1-3H3. The molecule has 0 fully saturated rings. The van der Waals surface area contributed by atoms with Crippen LogP contribution in [0.4, 0.5) is 8.78 Å². The molecule has 20 heavy (non-hydrogen) atoms. The predicted octanol–water partition coefficient (Wildman–Crippen LogP) is 2.34. The number of carbonyl (C=O) groups excluding carboxylic acids is 1. The fourth-order valence-electron chi connectivity index (χ4n) is 1.83. The van der Waals surface area contributed by atoms with Crippen LogP contribution in [0.25, 0.3) is 0 Å². The summed E-state index contributed by atoms with van der Waals surface area (Å²) in [4.78, 5) is 13.8. The van der Waals surface area contributed by atoms with Crippen molar-refractivity contribution in [3.8, 4) is 5.75 Å². The fourth-order valence-corrected chi connectivity index (χ4v) is 1.83. The molecule has 0 aliphatic rings. The van der Waals surface area contributed by atoms with Crippen LogP contribution in [0.1, 0.15) is 24.2 Å². The molecule has 1 aromatic rings. The Balaban J connectivity index is 2.91. The van der Waals surface area contributed by atoms with Crippen molar-refractivity contribution in [3.63, 3.8) is 0 Å². The third-order valence-corrected chi connectivity index (χ3v) is 2.90. The second-order valence-electron chi connectivity index (χ2n) is 5.40. The van der Waals surface area contributed by atoms with E-state index in [4.69, 9.17) is 5.73 Å². The van der Waals surface area contributed by atoms with Gasteiger partial charge in [0.15, 0.2) is 0 Å². The van der Waals surface area contributed by atoms with Gasteiger partial charge in [0.25, 0.3) is 5.91 Å². The van der Waals surface area contributed by atoms with Crippen LogP contribution < -0.4 is 10.5 Å². The third kappa shape index (κ3) is 4.45. The smallest absolute Gasteiger partial charge is 0.387 e. The number of hydrogen-bond acceptors (Lipinski definition) is 3. The summed E-state index contributed by atoms with van der Waals surface area (Å²) in [6.45, 7) is 1.73. The highest BCUT2D eigenvalue weighted by molar-refractivity contribution is 5.96. The van der Waals surface area contributed by atoms with E-state index in [1.807, 2.05) is 13.8 Å². The summed E-state index contributed by atoms with van der Waals surface area (Å²) in [6.07, 6.45) is 0. The molecule has 0 aromatic heterocycles. The molecule has 0 bridgehead atoms. The molecule has 1 rings (SSSR count). The first kappa shape index (κ1) is 16.4. The quantitative estimate of drug-likeness (QED) is 0.873. The van der Waals surface area contributed by atoms with E-state index in [9.17, 15) is 13.6 Å². The Morgan fingerprint density at radius 2 is 2.00 bits per heavy atom. The van der Waals surface area contributed by atoms with Crippen molar-refractivity contribution in [2.24, 2.45) is 11.1 Å². The van der Waals surface area contributed by atoms with Crippen LogP contribution in [0.5, 0.6) is 5.75 Å². The number of alkyl halides is 2. The molecule has 112 valence electrons. The van der Waals surface area contributed by atoms with Gasteiger partial charge in [0.05, 0.1) is 5.56 Å². The molecule has 0 unspecified atom stereocenters. The Kier molecular flexibility index (Phi) is 5.44. The molecule has 0 aliphatic heterocycles. The maximum Gasteiger partial charge on any atom is 0.387 e. The molecular weight excluding hydrogens is 266 g/mol. The lowest BCUT2D eigenvalue weighted by Gasteiger charge is -2.29. The molecule has 0 saturated heterocycles. The van der Waals surface area contributed by atoms with Gasteiger partial charge < -0.3 is 15.4 Å². The minimum absolute atomic E-state index is 0.114. The Labute approximate surface area is 117 Å². The number of amides is 1. The third-order valence-electron chi connectivity index (χ3n) is 2.90. The van der Waals surface area contributed by atoms with Crippen LogP contribution in [0.15, 0.2) is 24.3 Å². The number of ether oxygens (including phenoxy) is 1.